The minimum absolute atomic E-state index is 0.0103. The maximum absolute atomic E-state index is 12.1. The highest BCUT2D eigenvalue weighted by Crippen LogP contribution is 2.16. The molecule has 0 bridgehead atoms. The van der Waals surface area contributed by atoms with Gasteiger partial charge in [0, 0.05) is 29.4 Å². The second-order valence-electron chi connectivity index (χ2n) is 5.78. The number of nitrogens with one attached hydrogen (secondary N) is 1. The largest absolute Gasteiger partial charge is 0.350 e. The van der Waals surface area contributed by atoms with Gasteiger partial charge >= 0.3 is 0 Å². The zero-order valence-electron chi connectivity index (χ0n) is 13.7. The molecule has 1 aromatic carbocycles. The maximum Gasteiger partial charge on any atom is 0.220 e. The predicted molar refractivity (Wildman–Crippen MR) is 97.4 cm³/mol. The lowest BCUT2D eigenvalue weighted by atomic mass is 10.1. The molecule has 3 rings (SSSR count). The van der Waals surface area contributed by atoms with Gasteiger partial charge in [0.2, 0.25) is 5.91 Å². The molecule has 3 aromatic rings. The van der Waals surface area contributed by atoms with Gasteiger partial charge in [0.15, 0.2) is 0 Å². The Hall–Kier alpha value is -2.40. The van der Waals surface area contributed by atoms with E-state index in [1.807, 2.05) is 42.0 Å². The lowest BCUT2D eigenvalue weighted by molar-refractivity contribution is -0.121. The number of nitrogens with zero attached hydrogens (tertiary/aromatic N) is 2. The average molecular weight is 339 g/mol. The van der Waals surface area contributed by atoms with Gasteiger partial charge in [0.25, 0.3) is 0 Å². The standard InChI is InChI=1S/C19H21N3OS/c1-15(21-19(23)6-2-4-18-5-3-13-24-18)16-7-9-17(10-8-16)22-12-11-20-14-22/h3,5,7-15H,2,4,6H2,1H3,(H,21,23)/t15-/m0/s1. The first kappa shape index (κ1) is 16.5. The van der Waals surface area contributed by atoms with Gasteiger partial charge in [-0.25, -0.2) is 4.98 Å². The first-order chi connectivity index (χ1) is 11.7. The van der Waals surface area contributed by atoms with Crippen molar-refractivity contribution in [2.45, 2.75) is 32.2 Å². The molecular weight excluding hydrogens is 318 g/mol. The first-order valence-electron chi connectivity index (χ1n) is 8.12. The van der Waals surface area contributed by atoms with Gasteiger partial charge in [0.05, 0.1) is 12.4 Å². The van der Waals surface area contributed by atoms with Crippen LogP contribution in [0.3, 0.4) is 0 Å². The van der Waals surface area contributed by atoms with Gasteiger partial charge in [-0.3, -0.25) is 4.79 Å². The number of imidazole rings is 1. The number of hydrogen-bond acceptors (Lipinski definition) is 3. The molecule has 0 fully saturated rings. The van der Waals surface area contributed by atoms with Crippen LogP contribution >= 0.6 is 11.3 Å². The molecule has 124 valence electrons. The Balaban J connectivity index is 1.48. The number of carbonyl (C=O) groups excluding carboxylic acids is 1. The van der Waals surface area contributed by atoms with Gasteiger partial charge in [-0.15, -0.1) is 11.3 Å². The normalized spacial score (nSPS) is 12.0. The molecule has 0 saturated heterocycles. The molecule has 0 radical (unpaired) electrons. The van der Waals surface area contributed by atoms with Crippen molar-refractivity contribution < 1.29 is 4.79 Å². The molecule has 1 N–H and O–H groups in total. The summed E-state index contributed by atoms with van der Waals surface area (Å²) in [4.78, 5) is 17.5. The van der Waals surface area contributed by atoms with Crippen molar-refractivity contribution in [3.05, 3.63) is 70.9 Å². The number of benzene rings is 1. The molecule has 2 heterocycles. The van der Waals surface area contributed by atoms with Crippen LogP contribution in [0.2, 0.25) is 0 Å². The number of amides is 1. The fourth-order valence-electron chi connectivity index (χ4n) is 2.62. The molecule has 2 aromatic heterocycles. The van der Waals surface area contributed by atoms with Crippen LogP contribution in [-0.2, 0) is 11.2 Å². The summed E-state index contributed by atoms with van der Waals surface area (Å²) in [5.74, 6) is 0.109. The second-order valence-corrected chi connectivity index (χ2v) is 6.82. The van der Waals surface area contributed by atoms with Crippen molar-refractivity contribution >= 4 is 17.2 Å². The van der Waals surface area contributed by atoms with Gasteiger partial charge in [0.1, 0.15) is 0 Å². The topological polar surface area (TPSA) is 46.9 Å². The van der Waals surface area contributed by atoms with Crippen molar-refractivity contribution in [2.75, 3.05) is 0 Å². The Morgan fingerprint density at radius 2 is 2.12 bits per heavy atom. The summed E-state index contributed by atoms with van der Waals surface area (Å²) in [7, 11) is 0. The van der Waals surface area contributed by atoms with Crippen LogP contribution < -0.4 is 5.32 Å². The Kier molecular flexibility index (Phi) is 5.43. The van der Waals surface area contributed by atoms with Gasteiger partial charge in [-0.1, -0.05) is 18.2 Å². The van der Waals surface area contributed by atoms with Crippen molar-refractivity contribution in [1.82, 2.24) is 14.9 Å². The third-order valence-electron chi connectivity index (χ3n) is 3.98. The van der Waals surface area contributed by atoms with E-state index in [4.69, 9.17) is 0 Å². The fourth-order valence-corrected chi connectivity index (χ4v) is 3.37. The second kappa shape index (κ2) is 7.93. The van der Waals surface area contributed by atoms with E-state index in [2.05, 4.69) is 27.8 Å². The van der Waals surface area contributed by atoms with Crippen LogP contribution in [0.15, 0.2) is 60.5 Å². The maximum atomic E-state index is 12.1. The SMILES string of the molecule is C[C@H](NC(=O)CCCc1cccs1)c1ccc(-n2ccnc2)cc1. The van der Waals surface area contributed by atoms with Gasteiger partial charge in [-0.05, 0) is 48.9 Å². The predicted octanol–water partition coefficient (Wildman–Crippen LogP) is 4.13. The van der Waals surface area contributed by atoms with Gasteiger partial charge in [-0.2, -0.15) is 0 Å². The lowest BCUT2D eigenvalue weighted by Gasteiger charge is -2.15. The highest BCUT2D eigenvalue weighted by atomic mass is 32.1. The van der Waals surface area contributed by atoms with Crippen LogP contribution in [0.5, 0.6) is 0 Å². The van der Waals surface area contributed by atoms with E-state index in [0.717, 1.165) is 24.1 Å². The zero-order chi connectivity index (χ0) is 16.8. The summed E-state index contributed by atoms with van der Waals surface area (Å²) in [6.07, 6.45) is 7.86. The molecule has 0 spiro atoms. The highest BCUT2D eigenvalue weighted by Gasteiger charge is 2.10. The smallest absolute Gasteiger partial charge is 0.220 e. The molecule has 4 nitrogen and oxygen atoms in total. The number of rotatable bonds is 7. The van der Waals surface area contributed by atoms with E-state index in [-0.39, 0.29) is 11.9 Å². The third-order valence-corrected chi connectivity index (χ3v) is 4.92. The summed E-state index contributed by atoms with van der Waals surface area (Å²) in [6.45, 7) is 2.02. The molecule has 1 atom stereocenters. The number of hydrogen-bond donors (Lipinski definition) is 1. The van der Waals surface area contributed by atoms with E-state index in [0.29, 0.717) is 6.42 Å². The van der Waals surface area contributed by atoms with E-state index in [1.165, 1.54) is 4.88 Å². The van der Waals surface area contributed by atoms with E-state index in [1.54, 1.807) is 23.9 Å². The zero-order valence-corrected chi connectivity index (χ0v) is 14.5. The number of aryl methyl sites for hydroxylation is 1. The third kappa shape index (κ3) is 4.32. The van der Waals surface area contributed by atoms with Crippen LogP contribution in [-0.4, -0.2) is 15.5 Å². The molecular formula is C19H21N3OS. The van der Waals surface area contributed by atoms with Crippen LogP contribution in [0.25, 0.3) is 5.69 Å². The quantitative estimate of drug-likeness (QED) is 0.703. The molecule has 5 heteroatoms. The Bertz CT molecular complexity index is 749. The number of thiophene rings is 1. The van der Waals surface area contributed by atoms with Crippen molar-refractivity contribution in [1.29, 1.82) is 0 Å². The van der Waals surface area contributed by atoms with Crippen molar-refractivity contribution in [3.8, 4) is 5.69 Å². The first-order valence-corrected chi connectivity index (χ1v) is 9.00. The van der Waals surface area contributed by atoms with Crippen LogP contribution in [0.4, 0.5) is 0 Å². The van der Waals surface area contributed by atoms with E-state index >= 15 is 0 Å². The fraction of sp³-hybridized carbons (Fsp3) is 0.263. The number of carbonyl (C=O) groups is 1. The summed E-state index contributed by atoms with van der Waals surface area (Å²) in [5, 5.41) is 5.15. The van der Waals surface area contributed by atoms with Crippen molar-refractivity contribution in [2.24, 2.45) is 0 Å². The summed E-state index contributed by atoms with van der Waals surface area (Å²) in [5.41, 5.74) is 2.16. The Morgan fingerprint density at radius 3 is 2.79 bits per heavy atom. The minimum atomic E-state index is 0.0103. The molecule has 24 heavy (non-hydrogen) atoms. The lowest BCUT2D eigenvalue weighted by Crippen LogP contribution is -2.26. The Morgan fingerprint density at radius 1 is 1.29 bits per heavy atom. The highest BCUT2D eigenvalue weighted by molar-refractivity contribution is 7.09. The van der Waals surface area contributed by atoms with Crippen LogP contribution in [0, 0.1) is 0 Å². The van der Waals surface area contributed by atoms with Crippen molar-refractivity contribution in [3.63, 3.8) is 0 Å². The molecule has 0 saturated carbocycles. The Labute approximate surface area is 146 Å². The molecule has 1 amide bonds. The average Bonchev–Trinajstić information content (AvgIpc) is 3.29. The minimum Gasteiger partial charge on any atom is -0.350 e. The molecule has 0 unspecified atom stereocenters. The monoisotopic (exact) mass is 339 g/mol. The molecule has 0 aliphatic heterocycles. The van der Waals surface area contributed by atoms with Crippen LogP contribution in [0.1, 0.15) is 36.2 Å². The summed E-state index contributed by atoms with van der Waals surface area (Å²) < 4.78 is 1.96. The van der Waals surface area contributed by atoms with E-state index in [9.17, 15) is 4.79 Å². The number of aromatic nitrogens is 2. The molecule has 0 aliphatic rings. The summed E-state index contributed by atoms with van der Waals surface area (Å²) in [6, 6.07) is 12.4. The molecule has 0 aliphatic carbocycles. The summed E-state index contributed by atoms with van der Waals surface area (Å²) >= 11 is 1.75. The van der Waals surface area contributed by atoms with Gasteiger partial charge < -0.3 is 9.88 Å². The van der Waals surface area contributed by atoms with E-state index < -0.39 is 0 Å².